The Morgan fingerprint density at radius 1 is 0.427 bits per heavy atom. The van der Waals surface area contributed by atoms with Crippen molar-refractivity contribution < 1.29 is 106 Å². The Hall–Kier alpha value is -10.4. The van der Waals surface area contributed by atoms with E-state index in [0.717, 1.165) is 92.4 Å². The first kappa shape index (κ1) is 89.0. The summed E-state index contributed by atoms with van der Waals surface area (Å²) in [7, 11) is 1.92. The number of alkyl halides is 9. The fourth-order valence-electron chi connectivity index (χ4n) is 13.8. The van der Waals surface area contributed by atoms with Gasteiger partial charge in [-0.15, -0.1) is 0 Å². The summed E-state index contributed by atoms with van der Waals surface area (Å²) in [5.41, 5.74) is 0.813. The largest absolute Gasteiger partial charge is 0.496 e. The highest BCUT2D eigenvalue weighted by molar-refractivity contribution is 6.62. The van der Waals surface area contributed by atoms with Crippen molar-refractivity contribution in [2.75, 3.05) is 34.0 Å². The van der Waals surface area contributed by atoms with Crippen LogP contribution in [-0.2, 0) is 85.2 Å². The van der Waals surface area contributed by atoms with Crippen LogP contribution < -0.4 is 19.7 Å². The van der Waals surface area contributed by atoms with Gasteiger partial charge in [0.25, 0.3) is 0 Å². The maximum atomic E-state index is 14.5. The molecule has 1 saturated heterocycles. The molecule has 0 bridgehead atoms. The normalized spacial score (nSPS) is 15.8. The van der Waals surface area contributed by atoms with E-state index in [0.29, 0.717) is 87.8 Å². The Morgan fingerprint density at radius 2 is 0.761 bits per heavy atom. The second kappa shape index (κ2) is 35.8. The molecule has 0 radical (unpaired) electrons. The summed E-state index contributed by atoms with van der Waals surface area (Å²) < 4.78 is 185. The van der Waals surface area contributed by atoms with E-state index in [4.69, 9.17) is 47.2 Å². The van der Waals surface area contributed by atoms with Crippen LogP contribution in [0.4, 0.5) is 39.5 Å². The molecule has 13 rings (SSSR count). The standard InChI is InChI=1S/C27H27F3N2O4.C26H25F3N2O4.C24H27F3O4.C10H15BN2O2/c1-26(2,3)36-24(25(33)34-4)23-20(27(28,29)30)9-8-19(18-11-12-31-32-15-18)22(23)17-7-10-21-16(14-17)6-5-13-35-21;1-25(2,3)35-23(24(32)33)22-19(26(27,28)29)8-7-18(17-10-11-30-31-14-17)21(22)16-6-9-20-15(13-16)5-4-12-34-20;1-14-8-10-17(24(25,26)27)20(21(22(28)29-5)31-23(2,3)4)19(14)16-9-11-18-15(13-16)7-6-12-30-18;1-9(2)10(3,4)15-11(14-9)8-5-6-12-13-7-8/h7-12,14-15,24H,5-6,13H2,1-4H3;6-11,13-14,23H,4-5,12H2,1-3H3,(H,32,33);8-11,13,21H,6-7,12H2,1-5H3;5-7H,1-4H3. The molecule has 20 nitrogen and oxygen atoms in total. The Morgan fingerprint density at radius 3 is 1.09 bits per heavy atom. The van der Waals surface area contributed by atoms with Crippen LogP contribution >= 0.6 is 0 Å². The number of carbonyl (C=O) groups excluding carboxylic acids is 2. The summed E-state index contributed by atoms with van der Waals surface area (Å²) in [6, 6.07) is 27.9. The lowest BCUT2D eigenvalue weighted by atomic mass is 9.81. The minimum absolute atomic E-state index is 0.123. The zero-order valence-corrected chi connectivity index (χ0v) is 67.9. The van der Waals surface area contributed by atoms with Gasteiger partial charge in [-0.25, -0.2) is 14.4 Å². The number of halogens is 9. The number of nitrogens with zero attached hydrogens (tertiary/aromatic N) is 6. The lowest BCUT2D eigenvalue weighted by Crippen LogP contribution is -2.41. The van der Waals surface area contributed by atoms with Gasteiger partial charge in [-0.05, 0) is 275 Å². The van der Waals surface area contributed by atoms with E-state index in [1.165, 1.54) is 43.0 Å². The van der Waals surface area contributed by atoms with Crippen molar-refractivity contribution in [2.24, 2.45) is 0 Å². The van der Waals surface area contributed by atoms with Crippen LogP contribution in [0.25, 0.3) is 55.6 Å². The molecule has 1 N–H and O–H groups in total. The Labute approximate surface area is 673 Å². The summed E-state index contributed by atoms with van der Waals surface area (Å²) >= 11 is 0. The topological polar surface area (TPSA) is 241 Å². The zero-order valence-electron chi connectivity index (χ0n) is 67.9. The van der Waals surface area contributed by atoms with Gasteiger partial charge < -0.3 is 52.3 Å². The number of aromatic nitrogens is 6. The quantitative estimate of drug-likeness (QED) is 0.0570. The molecule has 1 fully saturated rings. The van der Waals surface area contributed by atoms with Crippen molar-refractivity contribution in [1.82, 2.24) is 30.6 Å². The van der Waals surface area contributed by atoms with Gasteiger partial charge in [0.15, 0.2) is 18.3 Å². The number of aryl methyl sites for hydroxylation is 4. The molecule has 0 aliphatic carbocycles. The smallest absolute Gasteiger partial charge is 0.493 e. The Bertz CT molecular complexity index is 5000. The highest BCUT2D eigenvalue weighted by atomic mass is 19.4. The van der Waals surface area contributed by atoms with Crippen LogP contribution in [0.15, 0.2) is 146 Å². The second-order valence-corrected chi connectivity index (χ2v) is 32.2. The van der Waals surface area contributed by atoms with Gasteiger partial charge in [0.2, 0.25) is 0 Å². The lowest BCUT2D eigenvalue weighted by Gasteiger charge is -2.32. The molecule has 3 atom stereocenters. The molecule has 0 spiro atoms. The van der Waals surface area contributed by atoms with E-state index in [2.05, 4.69) is 30.6 Å². The van der Waals surface area contributed by atoms with Crippen LogP contribution in [-0.4, -0.2) is 123 Å². The second-order valence-electron chi connectivity index (χ2n) is 32.2. The maximum Gasteiger partial charge on any atom is 0.496 e. The van der Waals surface area contributed by atoms with Crippen molar-refractivity contribution in [2.45, 2.75) is 200 Å². The first-order valence-electron chi connectivity index (χ1n) is 37.8. The monoisotopic (exact) mass is 1630 g/mol. The maximum absolute atomic E-state index is 14.5. The summed E-state index contributed by atoms with van der Waals surface area (Å²) in [5.74, 6) is -1.23. The van der Waals surface area contributed by atoms with Gasteiger partial charge in [0.05, 0.1) is 104 Å². The van der Waals surface area contributed by atoms with Crippen molar-refractivity contribution in [3.8, 4) is 72.9 Å². The fraction of sp³-hybridized carbons (Fsp3) is 0.414. The minimum Gasteiger partial charge on any atom is -0.493 e. The van der Waals surface area contributed by atoms with Crippen molar-refractivity contribution >= 4 is 30.5 Å². The molecule has 7 heterocycles. The Balaban J connectivity index is 0.000000170. The number of carboxylic acids is 1. The average molecular weight is 1630 g/mol. The average Bonchev–Trinajstić information content (AvgIpc) is 1.60. The van der Waals surface area contributed by atoms with Gasteiger partial charge in [-0.1, -0.05) is 36.4 Å². The van der Waals surface area contributed by atoms with Crippen LogP contribution in [0.1, 0.15) is 183 Å². The first-order chi connectivity index (χ1) is 54.8. The molecule has 6 aromatic carbocycles. The minimum atomic E-state index is -4.81. The first-order valence-corrected chi connectivity index (χ1v) is 37.8. The molecular formula is C87H94BF9N6O14. The van der Waals surface area contributed by atoms with Crippen molar-refractivity contribution in [1.29, 1.82) is 0 Å². The Kier molecular flexibility index (Phi) is 27.2. The highest BCUT2D eigenvalue weighted by Gasteiger charge is 2.52. The molecule has 0 saturated carbocycles. The number of hydrogen-bond acceptors (Lipinski definition) is 19. The number of carbonyl (C=O) groups is 3. The molecule has 4 aliphatic rings. The molecule has 4 aliphatic heterocycles. The fourth-order valence-corrected chi connectivity index (χ4v) is 13.8. The van der Waals surface area contributed by atoms with Gasteiger partial charge in [-0.3, -0.25) is 0 Å². The predicted molar refractivity (Wildman–Crippen MR) is 419 cm³/mol. The molecule has 3 unspecified atom stereocenters. The summed E-state index contributed by atoms with van der Waals surface area (Å²) in [5, 5.41) is 32.9. The third-order valence-electron chi connectivity index (χ3n) is 19.6. The third-order valence-corrected chi connectivity index (χ3v) is 19.6. The molecule has 9 aromatic rings. The van der Waals surface area contributed by atoms with E-state index >= 15 is 0 Å². The van der Waals surface area contributed by atoms with Gasteiger partial charge in [0.1, 0.15) is 17.2 Å². The molecule has 622 valence electrons. The number of aliphatic carboxylic acids is 1. The van der Waals surface area contributed by atoms with E-state index in [1.54, 1.807) is 136 Å². The van der Waals surface area contributed by atoms with Crippen molar-refractivity contribution in [3.63, 3.8) is 0 Å². The van der Waals surface area contributed by atoms with Gasteiger partial charge >= 0.3 is 43.6 Å². The number of esters is 2. The number of carboxylic acid groups (broad SMARTS) is 1. The molecule has 117 heavy (non-hydrogen) atoms. The molecular weight excluding hydrogens is 1530 g/mol. The number of fused-ring (bicyclic) bond motifs is 3. The summed E-state index contributed by atoms with van der Waals surface area (Å²) in [4.78, 5) is 38.0. The van der Waals surface area contributed by atoms with E-state index < -0.39 is 93.8 Å². The predicted octanol–water partition coefficient (Wildman–Crippen LogP) is 19.1. The molecule has 30 heteroatoms. The SMILES string of the molecule is CC(C)(C)OC(C(=O)O)c1c(C(F)(F)F)ccc(-c2ccnnc2)c1-c1ccc2c(c1)CCCO2.CC1(C)OB(c2ccnnc2)OC1(C)C.COC(=O)C(OC(C)(C)C)c1c(C(F)(F)F)ccc(-c2ccnnc2)c1-c1ccc2c(c1)CCCO2.COC(=O)C(OC(C)(C)C)c1c(C(F)(F)F)ccc(C)c1-c1ccc2c(c1)CCCO2. The summed E-state index contributed by atoms with van der Waals surface area (Å²) in [6.45, 7) is 26.5. The number of methoxy groups -OCH3 is 2. The van der Waals surface area contributed by atoms with Crippen LogP contribution in [0.5, 0.6) is 17.2 Å². The molecule has 0 amide bonds. The van der Waals surface area contributed by atoms with E-state index in [-0.39, 0.29) is 40.6 Å². The zero-order chi connectivity index (χ0) is 85.5. The number of rotatable bonds is 15. The van der Waals surface area contributed by atoms with Crippen LogP contribution in [0.2, 0.25) is 0 Å². The lowest BCUT2D eigenvalue weighted by molar-refractivity contribution is -0.167. The van der Waals surface area contributed by atoms with E-state index in [1.807, 2.05) is 45.9 Å². The number of benzene rings is 6. The van der Waals surface area contributed by atoms with E-state index in [9.17, 15) is 59.0 Å². The number of ether oxygens (including phenoxy) is 8. The van der Waals surface area contributed by atoms with Crippen LogP contribution in [0.3, 0.4) is 0 Å². The third kappa shape index (κ3) is 21.7. The van der Waals surface area contributed by atoms with Gasteiger partial charge in [0, 0.05) is 45.7 Å². The number of hydrogen-bond donors (Lipinski definition) is 1. The highest BCUT2D eigenvalue weighted by Crippen LogP contribution is 2.51. The van der Waals surface area contributed by atoms with Gasteiger partial charge in [-0.2, -0.15) is 70.1 Å². The van der Waals surface area contributed by atoms with Crippen LogP contribution in [0, 0.1) is 6.92 Å². The summed E-state index contributed by atoms with van der Waals surface area (Å²) in [6.07, 6.45) is -5.60. The van der Waals surface area contributed by atoms with Crippen molar-refractivity contribution in [3.05, 3.63) is 202 Å². The molecule has 3 aromatic heterocycles.